The lowest BCUT2D eigenvalue weighted by atomic mass is 10.1. The summed E-state index contributed by atoms with van der Waals surface area (Å²) in [6.45, 7) is 3.30. The molecule has 0 aliphatic carbocycles. The number of aryl methyl sites for hydroxylation is 1. The van der Waals surface area contributed by atoms with E-state index in [0.29, 0.717) is 5.56 Å². The molecule has 2 aromatic carbocycles. The first-order chi connectivity index (χ1) is 14.8. The van der Waals surface area contributed by atoms with Gasteiger partial charge in [0.05, 0.1) is 18.5 Å². The second-order valence-corrected chi connectivity index (χ2v) is 7.52. The number of carbonyl (C=O) groups is 4. The molecule has 2 N–H and O–H groups in total. The zero-order chi connectivity index (χ0) is 22.4. The molecule has 8 nitrogen and oxygen atoms in total. The predicted molar refractivity (Wildman–Crippen MR) is 112 cm³/mol. The molecule has 3 rings (SSSR count). The van der Waals surface area contributed by atoms with Crippen LogP contribution in [-0.2, 0) is 19.1 Å². The molecular weight excluding hydrogens is 398 g/mol. The number of rotatable bonds is 7. The fraction of sp³-hybridized carbons (Fsp3) is 0.304. The van der Waals surface area contributed by atoms with Gasteiger partial charge in [0, 0.05) is 12.0 Å². The first kappa shape index (κ1) is 22.0. The zero-order valence-electron chi connectivity index (χ0n) is 17.5. The summed E-state index contributed by atoms with van der Waals surface area (Å²) in [5, 5.41) is 3.87. The van der Waals surface area contributed by atoms with Crippen LogP contribution in [0.15, 0.2) is 54.6 Å². The fourth-order valence-electron chi connectivity index (χ4n) is 3.23. The summed E-state index contributed by atoms with van der Waals surface area (Å²) in [4.78, 5) is 48.8. The Bertz CT molecular complexity index is 959. The topological polar surface area (TPSA) is 105 Å². The molecular formula is C23H25N3O5. The summed E-state index contributed by atoms with van der Waals surface area (Å²) >= 11 is 0. The number of benzene rings is 2. The normalized spacial score (nSPS) is 16.5. The van der Waals surface area contributed by atoms with E-state index >= 15 is 0 Å². The minimum atomic E-state index is -0.745. The van der Waals surface area contributed by atoms with Gasteiger partial charge in [0.15, 0.2) is 6.61 Å². The molecule has 162 valence electrons. The van der Waals surface area contributed by atoms with E-state index in [-0.39, 0.29) is 24.9 Å². The van der Waals surface area contributed by atoms with Crippen molar-refractivity contribution in [1.29, 1.82) is 0 Å². The maximum Gasteiger partial charge on any atom is 0.311 e. The van der Waals surface area contributed by atoms with Gasteiger partial charge in [-0.3, -0.25) is 29.6 Å². The van der Waals surface area contributed by atoms with Crippen molar-refractivity contribution in [1.82, 2.24) is 15.8 Å². The molecule has 0 bridgehead atoms. The van der Waals surface area contributed by atoms with Crippen LogP contribution in [0.4, 0.5) is 0 Å². The van der Waals surface area contributed by atoms with Crippen LogP contribution in [0.1, 0.15) is 40.9 Å². The highest BCUT2D eigenvalue weighted by atomic mass is 16.5. The van der Waals surface area contributed by atoms with Gasteiger partial charge < -0.3 is 10.1 Å². The van der Waals surface area contributed by atoms with Gasteiger partial charge in [0.2, 0.25) is 5.91 Å². The van der Waals surface area contributed by atoms with Gasteiger partial charge in [0.1, 0.15) is 0 Å². The van der Waals surface area contributed by atoms with Gasteiger partial charge in [-0.25, -0.2) is 0 Å². The number of hydrogen-bond donors (Lipinski definition) is 2. The van der Waals surface area contributed by atoms with Crippen LogP contribution in [0.2, 0.25) is 0 Å². The summed E-state index contributed by atoms with van der Waals surface area (Å²) in [7, 11) is 0. The second kappa shape index (κ2) is 9.88. The second-order valence-electron chi connectivity index (χ2n) is 7.52. The molecule has 1 aliphatic heterocycles. The predicted octanol–water partition coefficient (Wildman–Crippen LogP) is 1.91. The van der Waals surface area contributed by atoms with Crippen molar-refractivity contribution in [2.75, 3.05) is 13.2 Å². The van der Waals surface area contributed by atoms with Crippen LogP contribution in [0.25, 0.3) is 0 Å². The van der Waals surface area contributed by atoms with Gasteiger partial charge in [-0.2, -0.15) is 0 Å². The molecule has 1 aliphatic rings. The van der Waals surface area contributed by atoms with E-state index in [1.54, 1.807) is 24.3 Å². The Balaban J connectivity index is 1.45. The Morgan fingerprint density at radius 3 is 2.45 bits per heavy atom. The number of hydrogen-bond acceptors (Lipinski definition) is 5. The standard InChI is InChI=1S/C23H25N3O5/c1-15-8-10-18(11-9-15)22(29)25-26-13-19(12-21(26)28)23(30)31-14-20(27)24-16(2)17-6-4-3-5-7-17/h3-11,16,19H,12-14H2,1-2H3,(H,24,27)(H,25,29)/t16-,19+/m1/s1. The van der Waals surface area contributed by atoms with Crippen LogP contribution < -0.4 is 10.7 Å². The third-order valence-corrected chi connectivity index (χ3v) is 5.03. The summed E-state index contributed by atoms with van der Waals surface area (Å²) in [6, 6.07) is 16.1. The van der Waals surface area contributed by atoms with Gasteiger partial charge in [0.25, 0.3) is 11.8 Å². The third kappa shape index (κ3) is 5.91. The Kier molecular flexibility index (Phi) is 7.02. The van der Waals surface area contributed by atoms with Crippen LogP contribution in [0, 0.1) is 12.8 Å². The van der Waals surface area contributed by atoms with Crippen LogP contribution in [0.3, 0.4) is 0 Å². The fourth-order valence-corrected chi connectivity index (χ4v) is 3.23. The van der Waals surface area contributed by atoms with E-state index < -0.39 is 30.3 Å². The van der Waals surface area contributed by atoms with Gasteiger partial charge in [-0.15, -0.1) is 0 Å². The average molecular weight is 423 g/mol. The molecule has 0 unspecified atom stereocenters. The molecule has 0 spiro atoms. The number of esters is 1. The largest absolute Gasteiger partial charge is 0.455 e. The molecule has 1 saturated heterocycles. The molecule has 8 heteroatoms. The average Bonchev–Trinajstić information content (AvgIpc) is 3.13. The highest BCUT2D eigenvalue weighted by molar-refractivity contribution is 5.96. The van der Waals surface area contributed by atoms with Gasteiger partial charge in [-0.1, -0.05) is 48.0 Å². The van der Waals surface area contributed by atoms with E-state index in [9.17, 15) is 19.2 Å². The maximum absolute atomic E-state index is 12.3. The SMILES string of the molecule is Cc1ccc(C(=O)NN2C[C@@H](C(=O)OCC(=O)N[C@H](C)c3ccccc3)CC2=O)cc1. The van der Waals surface area contributed by atoms with Crippen molar-refractivity contribution in [2.24, 2.45) is 5.92 Å². The van der Waals surface area contributed by atoms with Crippen LogP contribution >= 0.6 is 0 Å². The number of hydrazine groups is 1. The van der Waals surface area contributed by atoms with E-state index in [1.807, 2.05) is 44.2 Å². The van der Waals surface area contributed by atoms with Crippen molar-refractivity contribution >= 4 is 23.7 Å². The van der Waals surface area contributed by atoms with Crippen LogP contribution in [-0.4, -0.2) is 41.9 Å². The first-order valence-corrected chi connectivity index (χ1v) is 10.0. The third-order valence-electron chi connectivity index (χ3n) is 5.03. The lowest BCUT2D eigenvalue weighted by molar-refractivity contribution is -0.152. The van der Waals surface area contributed by atoms with Crippen molar-refractivity contribution in [3.05, 3.63) is 71.3 Å². The molecule has 2 aromatic rings. The summed E-state index contributed by atoms with van der Waals surface area (Å²) < 4.78 is 5.08. The lowest BCUT2D eigenvalue weighted by Gasteiger charge is -2.18. The minimum Gasteiger partial charge on any atom is -0.455 e. The lowest BCUT2D eigenvalue weighted by Crippen LogP contribution is -2.43. The van der Waals surface area contributed by atoms with Gasteiger partial charge >= 0.3 is 5.97 Å². The van der Waals surface area contributed by atoms with E-state index in [1.165, 1.54) is 0 Å². The molecule has 0 radical (unpaired) electrons. The molecule has 31 heavy (non-hydrogen) atoms. The molecule has 2 atom stereocenters. The number of nitrogens with one attached hydrogen (secondary N) is 2. The molecule has 3 amide bonds. The Labute approximate surface area is 180 Å². The molecule has 1 fully saturated rings. The van der Waals surface area contributed by atoms with Crippen molar-refractivity contribution in [2.45, 2.75) is 26.3 Å². The molecule has 0 aromatic heterocycles. The number of ether oxygens (including phenoxy) is 1. The van der Waals surface area contributed by atoms with Crippen molar-refractivity contribution in [3.63, 3.8) is 0 Å². The van der Waals surface area contributed by atoms with Gasteiger partial charge in [-0.05, 0) is 31.5 Å². The monoisotopic (exact) mass is 423 g/mol. The van der Waals surface area contributed by atoms with Crippen molar-refractivity contribution in [3.8, 4) is 0 Å². The van der Waals surface area contributed by atoms with E-state index in [4.69, 9.17) is 4.74 Å². The smallest absolute Gasteiger partial charge is 0.311 e. The van der Waals surface area contributed by atoms with E-state index in [2.05, 4.69) is 10.7 Å². The summed E-state index contributed by atoms with van der Waals surface area (Å²) in [5.74, 6) is -2.65. The Hall–Kier alpha value is -3.68. The quantitative estimate of drug-likeness (QED) is 0.662. The minimum absolute atomic E-state index is 0.00267. The Morgan fingerprint density at radius 2 is 1.77 bits per heavy atom. The number of carbonyl (C=O) groups excluding carboxylic acids is 4. The summed E-state index contributed by atoms with van der Waals surface area (Å²) in [6.07, 6.45) is -0.0882. The molecule has 1 heterocycles. The highest BCUT2D eigenvalue weighted by Gasteiger charge is 2.36. The highest BCUT2D eigenvalue weighted by Crippen LogP contribution is 2.18. The van der Waals surface area contributed by atoms with E-state index in [0.717, 1.165) is 16.1 Å². The number of nitrogens with zero attached hydrogens (tertiary/aromatic N) is 1. The summed E-state index contributed by atoms with van der Waals surface area (Å²) in [5.41, 5.74) is 4.87. The van der Waals surface area contributed by atoms with Crippen molar-refractivity contribution < 1.29 is 23.9 Å². The molecule has 0 saturated carbocycles. The van der Waals surface area contributed by atoms with Crippen LogP contribution in [0.5, 0.6) is 0 Å². The Morgan fingerprint density at radius 1 is 1.10 bits per heavy atom. The maximum atomic E-state index is 12.3. The number of amides is 3. The zero-order valence-corrected chi connectivity index (χ0v) is 17.5. The first-order valence-electron chi connectivity index (χ1n) is 10.0.